The van der Waals surface area contributed by atoms with Gasteiger partial charge in [-0.2, -0.15) is 5.10 Å². The highest BCUT2D eigenvalue weighted by Gasteiger charge is 2.22. The fourth-order valence-electron chi connectivity index (χ4n) is 2.31. The molecule has 0 radical (unpaired) electrons. The second kappa shape index (κ2) is 7.19. The van der Waals surface area contributed by atoms with Gasteiger partial charge >= 0.3 is 0 Å². The van der Waals surface area contributed by atoms with Crippen LogP contribution < -0.4 is 10.0 Å². The first-order valence-corrected chi connectivity index (χ1v) is 8.84. The summed E-state index contributed by atoms with van der Waals surface area (Å²) in [6.45, 7) is 3.96. The summed E-state index contributed by atoms with van der Waals surface area (Å²) in [5.41, 5.74) is 0.689. The van der Waals surface area contributed by atoms with E-state index in [4.69, 9.17) is 0 Å². The van der Waals surface area contributed by atoms with Crippen LogP contribution in [0.25, 0.3) is 0 Å². The van der Waals surface area contributed by atoms with Gasteiger partial charge in [-0.25, -0.2) is 13.1 Å². The van der Waals surface area contributed by atoms with Gasteiger partial charge in [0.15, 0.2) is 5.03 Å². The highest BCUT2D eigenvalue weighted by atomic mass is 32.2. The standard InChI is InChI=1S/C13H24N4O2S/c1-2-7-14-9-12-10-15-17-13(12)20(18,19)16-8-6-11-4-3-5-11/h10-11,14,16H,2-9H2,1H3,(H,15,17). The van der Waals surface area contributed by atoms with E-state index in [0.29, 0.717) is 24.6 Å². The highest BCUT2D eigenvalue weighted by molar-refractivity contribution is 7.89. The predicted octanol–water partition coefficient (Wildman–Crippen LogP) is 1.38. The van der Waals surface area contributed by atoms with Gasteiger partial charge in [-0.15, -0.1) is 0 Å². The topological polar surface area (TPSA) is 86.9 Å². The smallest absolute Gasteiger partial charge is 0.257 e. The number of rotatable bonds is 9. The summed E-state index contributed by atoms with van der Waals surface area (Å²) in [5, 5.41) is 9.83. The summed E-state index contributed by atoms with van der Waals surface area (Å²) in [4.78, 5) is 0. The molecule has 1 aliphatic carbocycles. The van der Waals surface area contributed by atoms with E-state index >= 15 is 0 Å². The van der Waals surface area contributed by atoms with Gasteiger partial charge in [0.2, 0.25) is 0 Å². The van der Waals surface area contributed by atoms with Crippen molar-refractivity contribution in [3.05, 3.63) is 11.8 Å². The summed E-state index contributed by atoms with van der Waals surface area (Å²) in [6.07, 6.45) is 7.26. The molecule has 1 heterocycles. The summed E-state index contributed by atoms with van der Waals surface area (Å²) >= 11 is 0. The Bertz CT molecular complexity index is 508. The highest BCUT2D eigenvalue weighted by Crippen LogP contribution is 2.28. The summed E-state index contributed by atoms with van der Waals surface area (Å²) in [7, 11) is -3.47. The number of hydrogen-bond donors (Lipinski definition) is 3. The number of aromatic amines is 1. The molecule has 1 fully saturated rings. The SMILES string of the molecule is CCCNCc1cn[nH]c1S(=O)(=O)NCCC1CCC1. The van der Waals surface area contributed by atoms with E-state index in [2.05, 4.69) is 27.2 Å². The molecule has 0 spiro atoms. The van der Waals surface area contributed by atoms with E-state index in [0.717, 1.165) is 19.4 Å². The van der Waals surface area contributed by atoms with Gasteiger partial charge in [0.1, 0.15) is 0 Å². The van der Waals surface area contributed by atoms with Crippen LogP contribution in [0.5, 0.6) is 0 Å². The van der Waals surface area contributed by atoms with Crippen molar-refractivity contribution < 1.29 is 8.42 Å². The number of sulfonamides is 1. The van der Waals surface area contributed by atoms with E-state index in [-0.39, 0.29) is 5.03 Å². The third-order valence-corrected chi connectivity index (χ3v) is 5.23. The monoisotopic (exact) mass is 300 g/mol. The molecule has 1 aliphatic rings. The van der Waals surface area contributed by atoms with Crippen molar-refractivity contribution in [1.29, 1.82) is 0 Å². The molecule has 7 heteroatoms. The van der Waals surface area contributed by atoms with Gasteiger partial charge in [-0.3, -0.25) is 5.10 Å². The molecule has 1 aromatic rings. The van der Waals surface area contributed by atoms with Crippen molar-refractivity contribution in [2.75, 3.05) is 13.1 Å². The van der Waals surface area contributed by atoms with E-state index in [1.54, 1.807) is 6.20 Å². The van der Waals surface area contributed by atoms with E-state index in [1.165, 1.54) is 19.3 Å². The normalized spacial score (nSPS) is 16.2. The Labute approximate surface area is 120 Å². The minimum Gasteiger partial charge on any atom is -0.313 e. The maximum absolute atomic E-state index is 12.2. The fraction of sp³-hybridized carbons (Fsp3) is 0.769. The molecule has 1 aromatic heterocycles. The van der Waals surface area contributed by atoms with E-state index < -0.39 is 10.0 Å². The Balaban J connectivity index is 1.88. The van der Waals surface area contributed by atoms with E-state index in [9.17, 15) is 8.42 Å². The first kappa shape index (κ1) is 15.5. The number of hydrogen-bond acceptors (Lipinski definition) is 4. The van der Waals surface area contributed by atoms with Crippen molar-refractivity contribution in [3.63, 3.8) is 0 Å². The third-order valence-electron chi connectivity index (χ3n) is 3.76. The van der Waals surface area contributed by atoms with Gasteiger partial charge in [-0.1, -0.05) is 26.2 Å². The molecule has 0 unspecified atom stereocenters. The minimum atomic E-state index is -3.47. The molecule has 0 atom stereocenters. The lowest BCUT2D eigenvalue weighted by Gasteiger charge is -2.25. The third kappa shape index (κ3) is 4.04. The molecule has 3 N–H and O–H groups in total. The average Bonchev–Trinajstić information content (AvgIpc) is 2.82. The van der Waals surface area contributed by atoms with Gasteiger partial charge in [0.25, 0.3) is 10.0 Å². The summed E-state index contributed by atoms with van der Waals surface area (Å²) in [6, 6.07) is 0. The number of H-pyrrole nitrogens is 1. The lowest BCUT2D eigenvalue weighted by atomic mass is 9.83. The number of aromatic nitrogens is 2. The van der Waals surface area contributed by atoms with Crippen LogP contribution in [0.15, 0.2) is 11.2 Å². The van der Waals surface area contributed by atoms with Crippen molar-refractivity contribution >= 4 is 10.0 Å². The van der Waals surface area contributed by atoms with Crippen molar-refractivity contribution in [1.82, 2.24) is 20.2 Å². The fourth-order valence-corrected chi connectivity index (χ4v) is 3.48. The number of nitrogens with zero attached hydrogens (tertiary/aromatic N) is 1. The quantitative estimate of drug-likeness (QED) is 0.601. The zero-order valence-corrected chi connectivity index (χ0v) is 12.8. The first-order valence-electron chi connectivity index (χ1n) is 7.36. The molecule has 114 valence electrons. The van der Waals surface area contributed by atoms with Gasteiger partial charge in [0.05, 0.1) is 6.20 Å². The first-order chi connectivity index (χ1) is 9.63. The Morgan fingerprint density at radius 3 is 2.85 bits per heavy atom. The van der Waals surface area contributed by atoms with Crippen LogP contribution in [0, 0.1) is 5.92 Å². The maximum atomic E-state index is 12.2. The van der Waals surface area contributed by atoms with Gasteiger partial charge < -0.3 is 5.32 Å². The van der Waals surface area contributed by atoms with Crippen LogP contribution in [-0.2, 0) is 16.6 Å². The molecule has 0 aliphatic heterocycles. The molecule has 2 rings (SSSR count). The second-order valence-electron chi connectivity index (χ2n) is 5.38. The molecule has 0 bridgehead atoms. The Morgan fingerprint density at radius 1 is 1.40 bits per heavy atom. The molecule has 6 nitrogen and oxygen atoms in total. The van der Waals surface area contributed by atoms with Crippen molar-refractivity contribution in [3.8, 4) is 0 Å². The Hall–Kier alpha value is -0.920. The second-order valence-corrected chi connectivity index (χ2v) is 7.09. The minimum absolute atomic E-state index is 0.190. The Kier molecular flexibility index (Phi) is 5.56. The average molecular weight is 300 g/mol. The lowest BCUT2D eigenvalue weighted by molar-refractivity contribution is 0.297. The predicted molar refractivity (Wildman–Crippen MR) is 77.7 cm³/mol. The van der Waals surface area contributed by atoms with Crippen molar-refractivity contribution in [2.24, 2.45) is 5.92 Å². The zero-order chi connectivity index (χ0) is 14.4. The molecule has 1 saturated carbocycles. The molecule has 20 heavy (non-hydrogen) atoms. The lowest BCUT2D eigenvalue weighted by Crippen LogP contribution is -2.29. The van der Waals surface area contributed by atoms with E-state index in [1.807, 2.05) is 0 Å². The van der Waals surface area contributed by atoms with Crippen molar-refractivity contribution in [2.45, 2.75) is 50.6 Å². The molecular formula is C13H24N4O2S. The van der Waals surface area contributed by atoms with Crippen LogP contribution in [-0.4, -0.2) is 31.7 Å². The summed E-state index contributed by atoms with van der Waals surface area (Å²) in [5.74, 6) is 0.699. The largest absolute Gasteiger partial charge is 0.313 e. The molecule has 0 amide bonds. The molecular weight excluding hydrogens is 276 g/mol. The molecule has 0 saturated heterocycles. The van der Waals surface area contributed by atoms with Crippen LogP contribution in [0.2, 0.25) is 0 Å². The van der Waals surface area contributed by atoms with Crippen LogP contribution >= 0.6 is 0 Å². The Morgan fingerprint density at radius 2 is 2.20 bits per heavy atom. The summed E-state index contributed by atoms with van der Waals surface area (Å²) < 4.78 is 27.1. The number of nitrogens with one attached hydrogen (secondary N) is 3. The van der Waals surface area contributed by atoms with Crippen LogP contribution in [0.1, 0.15) is 44.6 Å². The maximum Gasteiger partial charge on any atom is 0.257 e. The van der Waals surface area contributed by atoms with Crippen LogP contribution in [0.4, 0.5) is 0 Å². The van der Waals surface area contributed by atoms with Gasteiger partial charge in [0, 0.05) is 18.7 Å². The van der Waals surface area contributed by atoms with Crippen LogP contribution in [0.3, 0.4) is 0 Å². The molecule has 0 aromatic carbocycles. The van der Waals surface area contributed by atoms with Gasteiger partial charge in [-0.05, 0) is 25.3 Å². The zero-order valence-electron chi connectivity index (χ0n) is 12.0.